The summed E-state index contributed by atoms with van der Waals surface area (Å²) >= 11 is 0. The SMILES string of the molecule is CCCCCCCCC(=O)C(C)(C(=O)O)C(O)(C(=O)O)C(C)(C)C(=O)O. The molecule has 0 aromatic carbocycles. The first-order valence-electron chi connectivity index (χ1n) is 8.77. The topological polar surface area (TPSA) is 149 Å². The summed E-state index contributed by atoms with van der Waals surface area (Å²) < 4.78 is 0. The summed E-state index contributed by atoms with van der Waals surface area (Å²) in [4.78, 5) is 47.7. The number of carboxylic acids is 3. The minimum atomic E-state index is -3.32. The molecule has 0 aliphatic heterocycles. The van der Waals surface area contributed by atoms with Gasteiger partial charge in [-0.1, -0.05) is 39.0 Å². The number of aliphatic carboxylic acids is 3. The van der Waals surface area contributed by atoms with Gasteiger partial charge in [-0.3, -0.25) is 14.4 Å². The molecule has 8 heteroatoms. The Morgan fingerprint density at radius 3 is 1.58 bits per heavy atom. The molecule has 8 nitrogen and oxygen atoms in total. The van der Waals surface area contributed by atoms with E-state index in [2.05, 4.69) is 6.92 Å². The number of rotatable bonds is 13. The second-order valence-corrected chi connectivity index (χ2v) is 7.32. The van der Waals surface area contributed by atoms with E-state index in [-0.39, 0.29) is 6.42 Å². The Kier molecular flexibility index (Phi) is 8.43. The first kappa shape index (κ1) is 24.0. The number of hydrogen-bond donors (Lipinski definition) is 4. The highest BCUT2D eigenvalue weighted by Crippen LogP contribution is 2.46. The van der Waals surface area contributed by atoms with Gasteiger partial charge >= 0.3 is 17.9 Å². The molecule has 0 bridgehead atoms. The maximum Gasteiger partial charge on any atom is 0.338 e. The Hall–Kier alpha value is -1.96. The van der Waals surface area contributed by atoms with E-state index in [1.165, 1.54) is 0 Å². The van der Waals surface area contributed by atoms with Crippen LogP contribution in [0.2, 0.25) is 0 Å². The van der Waals surface area contributed by atoms with Gasteiger partial charge in [0.2, 0.25) is 5.60 Å². The fourth-order valence-electron chi connectivity index (χ4n) is 3.05. The molecule has 0 aromatic heterocycles. The summed E-state index contributed by atoms with van der Waals surface area (Å²) in [5, 5.41) is 39.1. The Morgan fingerprint density at radius 2 is 1.19 bits per heavy atom. The minimum absolute atomic E-state index is 0.250. The lowest BCUT2D eigenvalue weighted by Crippen LogP contribution is -2.69. The Bertz CT molecular complexity index is 553. The van der Waals surface area contributed by atoms with Crippen LogP contribution in [-0.2, 0) is 19.2 Å². The van der Waals surface area contributed by atoms with E-state index >= 15 is 0 Å². The zero-order valence-corrected chi connectivity index (χ0v) is 15.9. The molecule has 0 aliphatic rings. The number of Topliss-reactive ketones (excluding diaryl/α,β-unsaturated/α-hetero) is 1. The van der Waals surface area contributed by atoms with Crippen LogP contribution in [0.4, 0.5) is 0 Å². The number of unbranched alkanes of at least 4 members (excludes halogenated alkanes) is 5. The average Bonchev–Trinajstić information content (AvgIpc) is 2.55. The van der Waals surface area contributed by atoms with Crippen molar-refractivity contribution in [2.45, 2.75) is 78.2 Å². The average molecular weight is 374 g/mol. The molecule has 0 aromatic rings. The molecule has 0 spiro atoms. The number of carboxylic acid groups (broad SMARTS) is 3. The molecule has 4 N–H and O–H groups in total. The van der Waals surface area contributed by atoms with Gasteiger partial charge in [0.15, 0.2) is 11.2 Å². The van der Waals surface area contributed by atoms with E-state index in [0.29, 0.717) is 12.8 Å². The molecule has 0 fully saturated rings. The Balaban J connectivity index is 5.68. The van der Waals surface area contributed by atoms with Gasteiger partial charge in [-0.2, -0.15) is 0 Å². The van der Waals surface area contributed by atoms with Crippen LogP contribution in [0.15, 0.2) is 0 Å². The van der Waals surface area contributed by atoms with Crippen molar-refractivity contribution >= 4 is 23.7 Å². The van der Waals surface area contributed by atoms with Gasteiger partial charge in [-0.25, -0.2) is 4.79 Å². The van der Waals surface area contributed by atoms with Crippen molar-refractivity contribution in [3.63, 3.8) is 0 Å². The lowest BCUT2D eigenvalue weighted by molar-refractivity contribution is -0.213. The zero-order valence-electron chi connectivity index (χ0n) is 15.9. The van der Waals surface area contributed by atoms with Gasteiger partial charge in [0, 0.05) is 6.42 Å². The Labute approximate surface area is 153 Å². The van der Waals surface area contributed by atoms with Crippen molar-refractivity contribution in [2.75, 3.05) is 0 Å². The summed E-state index contributed by atoms with van der Waals surface area (Å²) in [7, 11) is 0. The number of hydrogen-bond acceptors (Lipinski definition) is 5. The maximum absolute atomic E-state index is 12.6. The molecule has 150 valence electrons. The van der Waals surface area contributed by atoms with Crippen molar-refractivity contribution in [1.29, 1.82) is 0 Å². The van der Waals surface area contributed by atoms with Crippen molar-refractivity contribution in [1.82, 2.24) is 0 Å². The summed E-state index contributed by atoms with van der Waals surface area (Å²) in [6.07, 6.45) is 4.68. The first-order valence-corrected chi connectivity index (χ1v) is 8.77. The quantitative estimate of drug-likeness (QED) is 0.283. The van der Waals surface area contributed by atoms with Crippen LogP contribution in [0.1, 0.15) is 72.6 Å². The summed E-state index contributed by atoms with van der Waals surface area (Å²) in [5.74, 6) is -6.65. The van der Waals surface area contributed by atoms with E-state index in [4.69, 9.17) is 0 Å². The molecule has 2 atom stereocenters. The molecule has 0 aliphatic carbocycles. The largest absolute Gasteiger partial charge is 0.481 e. The fourth-order valence-corrected chi connectivity index (χ4v) is 3.05. The number of carbonyl (C=O) groups is 4. The molecule has 2 unspecified atom stereocenters. The van der Waals surface area contributed by atoms with Crippen LogP contribution in [0.25, 0.3) is 0 Å². The van der Waals surface area contributed by atoms with Crippen LogP contribution in [-0.4, -0.2) is 49.7 Å². The second kappa shape index (κ2) is 9.12. The van der Waals surface area contributed by atoms with Crippen LogP contribution in [0, 0.1) is 10.8 Å². The monoisotopic (exact) mass is 374 g/mol. The first-order chi connectivity index (χ1) is 11.8. The summed E-state index contributed by atoms with van der Waals surface area (Å²) in [6, 6.07) is 0. The fraction of sp³-hybridized carbons (Fsp3) is 0.778. The molecule has 0 saturated carbocycles. The van der Waals surface area contributed by atoms with Gasteiger partial charge in [-0.15, -0.1) is 0 Å². The molecular weight excluding hydrogens is 344 g/mol. The van der Waals surface area contributed by atoms with E-state index in [0.717, 1.165) is 46.5 Å². The van der Waals surface area contributed by atoms with Crippen LogP contribution >= 0.6 is 0 Å². The normalized spacial score (nSPS) is 16.3. The third-order valence-electron chi connectivity index (χ3n) is 5.22. The van der Waals surface area contributed by atoms with Crippen LogP contribution in [0.3, 0.4) is 0 Å². The highest BCUT2D eigenvalue weighted by Gasteiger charge is 2.71. The highest BCUT2D eigenvalue weighted by molar-refractivity contribution is 6.10. The molecule has 0 radical (unpaired) electrons. The predicted molar refractivity (Wildman–Crippen MR) is 92.7 cm³/mol. The van der Waals surface area contributed by atoms with E-state index in [1.54, 1.807) is 0 Å². The summed E-state index contributed by atoms with van der Waals surface area (Å²) in [5.41, 5.74) is -8.54. The molecule has 0 amide bonds. The van der Waals surface area contributed by atoms with Gasteiger partial charge < -0.3 is 20.4 Å². The van der Waals surface area contributed by atoms with Gasteiger partial charge in [0.05, 0.1) is 0 Å². The smallest absolute Gasteiger partial charge is 0.338 e. The van der Waals surface area contributed by atoms with Crippen molar-refractivity contribution < 1.29 is 39.6 Å². The summed E-state index contributed by atoms with van der Waals surface area (Å²) in [6.45, 7) is 4.62. The van der Waals surface area contributed by atoms with E-state index in [1.807, 2.05) is 0 Å². The van der Waals surface area contributed by atoms with Crippen LogP contribution in [0.5, 0.6) is 0 Å². The van der Waals surface area contributed by atoms with Crippen LogP contribution < -0.4 is 0 Å². The minimum Gasteiger partial charge on any atom is -0.481 e. The Morgan fingerprint density at radius 1 is 0.731 bits per heavy atom. The second-order valence-electron chi connectivity index (χ2n) is 7.32. The standard InChI is InChI=1S/C18H30O8/c1-5-6-7-8-9-10-11-12(19)17(4,14(22)23)18(26,15(24)25)16(2,3)13(20)21/h26H,5-11H2,1-4H3,(H,20,21)(H,22,23)(H,24,25). The molecule has 0 saturated heterocycles. The third kappa shape index (κ3) is 4.23. The molecule has 0 rings (SSSR count). The lowest BCUT2D eigenvalue weighted by atomic mass is 9.57. The molecule has 26 heavy (non-hydrogen) atoms. The lowest BCUT2D eigenvalue weighted by Gasteiger charge is -2.45. The zero-order chi connectivity index (χ0) is 20.8. The van der Waals surface area contributed by atoms with Gasteiger partial charge in [0.1, 0.15) is 5.41 Å². The molecule has 0 heterocycles. The van der Waals surface area contributed by atoms with E-state index in [9.17, 15) is 39.6 Å². The number of aliphatic hydroxyl groups is 1. The highest BCUT2D eigenvalue weighted by atomic mass is 16.4. The van der Waals surface area contributed by atoms with Crippen molar-refractivity contribution in [3.05, 3.63) is 0 Å². The number of carbonyl (C=O) groups excluding carboxylic acids is 1. The van der Waals surface area contributed by atoms with Gasteiger partial charge in [-0.05, 0) is 27.2 Å². The van der Waals surface area contributed by atoms with Crippen molar-refractivity contribution in [3.8, 4) is 0 Å². The van der Waals surface area contributed by atoms with Gasteiger partial charge in [0.25, 0.3) is 0 Å². The third-order valence-corrected chi connectivity index (χ3v) is 5.22. The number of ketones is 1. The molecular formula is C18H30O8. The maximum atomic E-state index is 12.6. The predicted octanol–water partition coefficient (Wildman–Crippen LogP) is 2.32. The van der Waals surface area contributed by atoms with Crippen molar-refractivity contribution in [2.24, 2.45) is 10.8 Å². The van der Waals surface area contributed by atoms with E-state index < -0.39 is 40.1 Å².